The number of carboxylic acid groups (broad SMARTS) is 1. The summed E-state index contributed by atoms with van der Waals surface area (Å²) in [4.78, 5) is 25.4. The number of hydrogen-bond donors (Lipinski definition) is 2. The molecule has 2 amide bonds. The molecule has 6 nitrogen and oxygen atoms in total. The Morgan fingerprint density at radius 1 is 1.33 bits per heavy atom. The van der Waals surface area contributed by atoms with E-state index in [-0.39, 0.29) is 12.1 Å². The molecule has 1 saturated carbocycles. The number of methoxy groups -OCH3 is 1. The van der Waals surface area contributed by atoms with Gasteiger partial charge in [0.2, 0.25) is 0 Å². The van der Waals surface area contributed by atoms with Crippen molar-refractivity contribution < 1.29 is 19.4 Å². The predicted molar refractivity (Wildman–Crippen MR) is 80.2 cm³/mol. The summed E-state index contributed by atoms with van der Waals surface area (Å²) in [5.41, 5.74) is 0. The summed E-state index contributed by atoms with van der Waals surface area (Å²) in [5, 5.41) is 12.2. The van der Waals surface area contributed by atoms with Gasteiger partial charge >= 0.3 is 12.0 Å². The van der Waals surface area contributed by atoms with Gasteiger partial charge in [-0.05, 0) is 18.8 Å². The Kier molecular flexibility index (Phi) is 7.50. The van der Waals surface area contributed by atoms with Crippen molar-refractivity contribution in [3.63, 3.8) is 0 Å². The molecule has 0 heterocycles. The van der Waals surface area contributed by atoms with Crippen molar-refractivity contribution in [1.29, 1.82) is 0 Å². The molecule has 21 heavy (non-hydrogen) atoms. The molecule has 0 bridgehead atoms. The van der Waals surface area contributed by atoms with E-state index in [1.54, 1.807) is 12.0 Å². The fourth-order valence-electron chi connectivity index (χ4n) is 2.77. The Morgan fingerprint density at radius 2 is 2.00 bits per heavy atom. The molecule has 0 spiro atoms. The van der Waals surface area contributed by atoms with Crippen molar-refractivity contribution >= 4 is 12.0 Å². The van der Waals surface area contributed by atoms with Gasteiger partial charge in [-0.2, -0.15) is 0 Å². The van der Waals surface area contributed by atoms with Crippen LogP contribution in [-0.2, 0) is 9.53 Å². The summed E-state index contributed by atoms with van der Waals surface area (Å²) in [6.07, 6.45) is 3.27. The van der Waals surface area contributed by atoms with E-state index >= 15 is 0 Å². The monoisotopic (exact) mass is 300 g/mol. The van der Waals surface area contributed by atoms with Crippen LogP contribution in [0.1, 0.15) is 39.5 Å². The zero-order valence-electron chi connectivity index (χ0n) is 13.3. The fourth-order valence-corrected chi connectivity index (χ4v) is 2.77. The Hall–Kier alpha value is -1.30. The first-order chi connectivity index (χ1) is 9.95. The lowest BCUT2D eigenvalue weighted by atomic mass is 9.84. The molecule has 6 heteroatoms. The Bertz CT molecular complexity index is 347. The summed E-state index contributed by atoms with van der Waals surface area (Å²) in [6, 6.07) is -0.445. The van der Waals surface area contributed by atoms with Gasteiger partial charge in [-0.1, -0.05) is 26.7 Å². The molecule has 1 fully saturated rings. The zero-order valence-corrected chi connectivity index (χ0v) is 13.3. The van der Waals surface area contributed by atoms with Crippen LogP contribution in [-0.4, -0.2) is 54.9 Å². The number of amides is 2. The molecular weight excluding hydrogens is 272 g/mol. The molecule has 122 valence electrons. The number of aliphatic carboxylic acids is 1. The molecule has 0 radical (unpaired) electrons. The number of ether oxygens (including phenoxy) is 1. The van der Waals surface area contributed by atoms with Crippen LogP contribution in [0.25, 0.3) is 0 Å². The van der Waals surface area contributed by atoms with Crippen LogP contribution in [0, 0.1) is 11.8 Å². The van der Waals surface area contributed by atoms with E-state index < -0.39 is 11.9 Å². The fraction of sp³-hybridized carbons (Fsp3) is 0.867. The summed E-state index contributed by atoms with van der Waals surface area (Å²) < 4.78 is 5.04. The van der Waals surface area contributed by atoms with Gasteiger partial charge in [0.25, 0.3) is 0 Å². The number of carbonyl (C=O) groups is 2. The normalized spacial score (nSPS) is 22.1. The highest BCUT2D eigenvalue weighted by Gasteiger charge is 2.32. The molecule has 0 aromatic heterocycles. The molecule has 0 aromatic rings. The minimum atomic E-state index is -0.813. The molecule has 0 aliphatic heterocycles. The highest BCUT2D eigenvalue weighted by atomic mass is 16.5. The zero-order chi connectivity index (χ0) is 15.8. The van der Waals surface area contributed by atoms with Crippen molar-refractivity contribution in [2.45, 2.75) is 45.6 Å². The highest BCUT2D eigenvalue weighted by molar-refractivity contribution is 5.77. The highest BCUT2D eigenvalue weighted by Crippen LogP contribution is 2.24. The van der Waals surface area contributed by atoms with Crippen LogP contribution in [0.3, 0.4) is 0 Å². The van der Waals surface area contributed by atoms with Gasteiger partial charge in [-0.15, -0.1) is 0 Å². The Labute approximate surface area is 126 Å². The molecule has 2 N–H and O–H groups in total. The molecule has 0 saturated heterocycles. The van der Waals surface area contributed by atoms with E-state index in [0.717, 1.165) is 19.3 Å². The van der Waals surface area contributed by atoms with Crippen molar-refractivity contribution in [2.24, 2.45) is 11.8 Å². The first kappa shape index (κ1) is 17.8. The van der Waals surface area contributed by atoms with Gasteiger partial charge < -0.3 is 20.1 Å². The molecule has 2 unspecified atom stereocenters. The van der Waals surface area contributed by atoms with Gasteiger partial charge in [0.15, 0.2) is 0 Å². The quantitative estimate of drug-likeness (QED) is 0.753. The van der Waals surface area contributed by atoms with Crippen molar-refractivity contribution in [1.82, 2.24) is 10.2 Å². The van der Waals surface area contributed by atoms with E-state index in [1.165, 1.54) is 0 Å². The van der Waals surface area contributed by atoms with E-state index in [2.05, 4.69) is 5.32 Å². The van der Waals surface area contributed by atoms with E-state index in [4.69, 9.17) is 4.74 Å². The molecule has 0 aromatic carbocycles. The van der Waals surface area contributed by atoms with E-state index in [0.29, 0.717) is 32.0 Å². The number of carboxylic acids is 1. The number of nitrogens with zero attached hydrogens (tertiary/aromatic N) is 1. The minimum Gasteiger partial charge on any atom is -0.481 e. The number of carbonyl (C=O) groups excluding carboxylic acids is 1. The first-order valence-corrected chi connectivity index (χ1v) is 7.72. The number of nitrogens with one attached hydrogen (secondary N) is 1. The van der Waals surface area contributed by atoms with Gasteiger partial charge in [0, 0.05) is 26.2 Å². The van der Waals surface area contributed by atoms with Crippen LogP contribution in [0.15, 0.2) is 0 Å². The van der Waals surface area contributed by atoms with Crippen molar-refractivity contribution in [3.8, 4) is 0 Å². The lowest BCUT2D eigenvalue weighted by Gasteiger charge is -2.32. The molecule has 1 rings (SSSR count). The second-order valence-corrected chi connectivity index (χ2v) is 6.12. The van der Waals surface area contributed by atoms with Gasteiger partial charge in [0.05, 0.1) is 12.5 Å². The Morgan fingerprint density at radius 3 is 2.57 bits per heavy atom. The maximum absolute atomic E-state index is 12.4. The lowest BCUT2D eigenvalue weighted by molar-refractivity contribution is -0.143. The summed E-state index contributed by atoms with van der Waals surface area (Å²) >= 11 is 0. The van der Waals surface area contributed by atoms with Gasteiger partial charge in [-0.25, -0.2) is 4.79 Å². The minimum absolute atomic E-state index is 0.182. The third-order valence-corrected chi connectivity index (χ3v) is 3.83. The Balaban J connectivity index is 2.62. The standard InChI is InChI=1S/C15H28N2O4/c1-11(2)10-17(8-9-21-3)15(20)16-13-7-5-4-6-12(13)14(18)19/h11-13H,4-10H2,1-3H3,(H,16,20)(H,18,19). The summed E-state index contributed by atoms with van der Waals surface area (Å²) in [7, 11) is 1.60. The van der Waals surface area contributed by atoms with E-state index in [1.807, 2.05) is 13.8 Å². The average Bonchev–Trinajstić information content (AvgIpc) is 2.43. The number of rotatable bonds is 7. The van der Waals surface area contributed by atoms with Crippen LogP contribution in [0.4, 0.5) is 4.79 Å². The second kappa shape index (κ2) is 8.87. The largest absolute Gasteiger partial charge is 0.481 e. The maximum Gasteiger partial charge on any atom is 0.317 e. The summed E-state index contributed by atoms with van der Waals surface area (Å²) in [5.74, 6) is -0.924. The molecular formula is C15H28N2O4. The van der Waals surface area contributed by atoms with Crippen LogP contribution in [0.5, 0.6) is 0 Å². The smallest absolute Gasteiger partial charge is 0.317 e. The van der Waals surface area contributed by atoms with Crippen LogP contribution >= 0.6 is 0 Å². The third-order valence-electron chi connectivity index (χ3n) is 3.83. The predicted octanol–water partition coefficient (Wildman–Crippen LogP) is 1.94. The second-order valence-electron chi connectivity index (χ2n) is 6.12. The van der Waals surface area contributed by atoms with Crippen LogP contribution in [0.2, 0.25) is 0 Å². The average molecular weight is 300 g/mol. The van der Waals surface area contributed by atoms with E-state index in [9.17, 15) is 14.7 Å². The number of urea groups is 1. The maximum atomic E-state index is 12.4. The topological polar surface area (TPSA) is 78.9 Å². The molecule has 1 aliphatic carbocycles. The molecule has 1 aliphatic rings. The molecule has 2 atom stereocenters. The van der Waals surface area contributed by atoms with Crippen molar-refractivity contribution in [2.75, 3.05) is 26.8 Å². The first-order valence-electron chi connectivity index (χ1n) is 7.72. The number of hydrogen-bond acceptors (Lipinski definition) is 3. The lowest BCUT2D eigenvalue weighted by Crippen LogP contribution is -2.51. The van der Waals surface area contributed by atoms with Crippen molar-refractivity contribution in [3.05, 3.63) is 0 Å². The SMILES string of the molecule is COCCN(CC(C)C)C(=O)NC1CCCCC1C(=O)O. The summed E-state index contributed by atoms with van der Waals surface area (Å²) in [6.45, 7) is 5.74. The third kappa shape index (κ3) is 5.91. The van der Waals surface area contributed by atoms with Gasteiger partial charge in [-0.3, -0.25) is 4.79 Å². The van der Waals surface area contributed by atoms with Gasteiger partial charge in [0.1, 0.15) is 0 Å². The van der Waals surface area contributed by atoms with Crippen LogP contribution < -0.4 is 5.32 Å².